The predicted octanol–water partition coefficient (Wildman–Crippen LogP) is 2.06. The summed E-state index contributed by atoms with van der Waals surface area (Å²) < 4.78 is 80.6. The van der Waals surface area contributed by atoms with Gasteiger partial charge in [0, 0.05) is 55.8 Å². The van der Waals surface area contributed by atoms with E-state index in [1.807, 2.05) is 12.1 Å². The second-order valence-corrected chi connectivity index (χ2v) is 16.8. The SMILES string of the molecule is CS(=O)(=O)NCC1CN(S(=O)(=O)c2ccc3cc(Cl)ccc3c2)CC(=O)N1CC1CCN(c2ccncc2)CC1.CS(=O)(=O)O. The first-order valence-electron chi connectivity index (χ1n) is 14.0. The fraction of sp³-hybridized carbons (Fsp3) is 0.429. The smallest absolute Gasteiger partial charge is 0.261 e. The number of fused-ring (bicyclic) bond motifs is 1. The highest BCUT2D eigenvalue weighted by Crippen LogP contribution is 2.28. The highest BCUT2D eigenvalue weighted by atomic mass is 35.5. The van der Waals surface area contributed by atoms with Crippen molar-refractivity contribution in [3.05, 3.63) is 65.9 Å². The number of sulfonamides is 2. The Kier molecular flexibility index (Phi) is 11.1. The molecular formula is C28H36ClN5O8S3. The number of amides is 1. The van der Waals surface area contributed by atoms with Crippen molar-refractivity contribution in [3.63, 3.8) is 0 Å². The largest absolute Gasteiger partial charge is 0.371 e. The number of anilines is 1. The summed E-state index contributed by atoms with van der Waals surface area (Å²) in [6.07, 6.45) is 7.02. The zero-order chi connectivity index (χ0) is 33.0. The molecule has 2 saturated heterocycles. The summed E-state index contributed by atoms with van der Waals surface area (Å²) in [7, 11) is -11.2. The van der Waals surface area contributed by atoms with Gasteiger partial charge in [0.1, 0.15) is 0 Å². The van der Waals surface area contributed by atoms with Crippen molar-refractivity contribution < 1.29 is 34.6 Å². The van der Waals surface area contributed by atoms with Crippen molar-refractivity contribution in [1.29, 1.82) is 0 Å². The number of aromatic nitrogens is 1. The van der Waals surface area contributed by atoms with Gasteiger partial charge in [-0.3, -0.25) is 14.3 Å². The number of carbonyl (C=O) groups excluding carboxylic acids is 1. The number of carbonyl (C=O) groups is 1. The molecule has 1 aromatic heterocycles. The number of rotatable bonds is 8. The van der Waals surface area contributed by atoms with Gasteiger partial charge in [-0.1, -0.05) is 23.7 Å². The molecule has 0 aliphatic carbocycles. The molecular weight excluding hydrogens is 666 g/mol. The monoisotopic (exact) mass is 701 g/mol. The maximum absolute atomic E-state index is 13.6. The van der Waals surface area contributed by atoms with Crippen LogP contribution in [-0.2, 0) is 35.0 Å². The van der Waals surface area contributed by atoms with Gasteiger partial charge in [-0.15, -0.1) is 0 Å². The topological polar surface area (TPSA) is 174 Å². The van der Waals surface area contributed by atoms with Gasteiger partial charge in [0.25, 0.3) is 10.1 Å². The maximum Gasteiger partial charge on any atom is 0.261 e. The maximum atomic E-state index is 13.6. The van der Waals surface area contributed by atoms with Crippen molar-refractivity contribution in [2.24, 2.45) is 5.92 Å². The summed E-state index contributed by atoms with van der Waals surface area (Å²) in [6, 6.07) is 13.3. The molecule has 0 radical (unpaired) electrons. The van der Waals surface area contributed by atoms with E-state index >= 15 is 0 Å². The molecule has 246 valence electrons. The van der Waals surface area contributed by atoms with Crippen LogP contribution in [0.25, 0.3) is 10.8 Å². The van der Waals surface area contributed by atoms with Crippen LogP contribution >= 0.6 is 11.6 Å². The van der Waals surface area contributed by atoms with Crippen LogP contribution in [0.15, 0.2) is 65.8 Å². The van der Waals surface area contributed by atoms with Crippen molar-refractivity contribution in [3.8, 4) is 0 Å². The molecule has 1 unspecified atom stereocenters. The average Bonchev–Trinajstić information content (AvgIpc) is 2.96. The first kappa shape index (κ1) is 35.0. The number of hydrogen-bond acceptors (Lipinski definition) is 9. The van der Waals surface area contributed by atoms with E-state index < -0.39 is 36.2 Å². The van der Waals surface area contributed by atoms with E-state index in [-0.39, 0.29) is 36.4 Å². The molecule has 0 bridgehead atoms. The summed E-state index contributed by atoms with van der Waals surface area (Å²) in [5.74, 6) is -0.113. The molecule has 45 heavy (non-hydrogen) atoms. The number of pyridine rings is 1. The van der Waals surface area contributed by atoms with Crippen molar-refractivity contribution >= 4 is 64.1 Å². The highest BCUT2D eigenvalue weighted by molar-refractivity contribution is 7.89. The van der Waals surface area contributed by atoms with Gasteiger partial charge >= 0.3 is 0 Å². The molecule has 3 heterocycles. The van der Waals surface area contributed by atoms with E-state index in [0.29, 0.717) is 23.2 Å². The summed E-state index contributed by atoms with van der Waals surface area (Å²) >= 11 is 6.06. The van der Waals surface area contributed by atoms with E-state index in [1.165, 1.54) is 6.07 Å². The standard InChI is InChI=1S/C27H32ClN5O5S2.CH4O3S/c1-39(35,36)30-16-25-18-32(40(37,38)26-5-3-21-14-23(28)4-2-22(21)15-26)19-27(34)33(25)17-20-8-12-31(13-9-20)24-6-10-29-11-7-24;1-5(2,3)4/h2-7,10-11,14-15,20,25,30H,8-9,12-13,16-19H2,1H3;1H3,(H,2,3,4). The van der Waals surface area contributed by atoms with Gasteiger partial charge in [-0.2, -0.15) is 12.7 Å². The third-order valence-corrected chi connectivity index (χ3v) is 10.3. The molecule has 13 nitrogen and oxygen atoms in total. The zero-order valence-electron chi connectivity index (χ0n) is 24.8. The fourth-order valence-electron chi connectivity index (χ4n) is 5.41. The van der Waals surface area contributed by atoms with Crippen LogP contribution in [0.3, 0.4) is 0 Å². The number of piperidine rings is 1. The van der Waals surface area contributed by atoms with Gasteiger partial charge in [0.2, 0.25) is 26.0 Å². The number of nitrogens with one attached hydrogen (secondary N) is 1. The zero-order valence-corrected chi connectivity index (χ0v) is 28.0. The molecule has 1 amide bonds. The van der Waals surface area contributed by atoms with Crippen LogP contribution in [-0.4, -0.2) is 108 Å². The third kappa shape index (κ3) is 10.1. The van der Waals surface area contributed by atoms with E-state index in [1.54, 1.807) is 47.6 Å². The quantitative estimate of drug-likeness (QED) is 0.331. The Hall–Kier alpha value is -2.86. The number of piperazine rings is 1. The Morgan fingerprint density at radius 1 is 0.933 bits per heavy atom. The van der Waals surface area contributed by atoms with Crippen LogP contribution in [0, 0.1) is 5.92 Å². The van der Waals surface area contributed by atoms with E-state index in [9.17, 15) is 30.0 Å². The van der Waals surface area contributed by atoms with E-state index in [0.717, 1.165) is 47.6 Å². The summed E-state index contributed by atoms with van der Waals surface area (Å²) in [6.45, 7) is 1.73. The van der Waals surface area contributed by atoms with Gasteiger partial charge in [-0.05, 0) is 65.9 Å². The first-order valence-corrected chi connectivity index (χ1v) is 19.6. The molecule has 5 rings (SSSR count). The molecule has 2 aliphatic heterocycles. The van der Waals surface area contributed by atoms with E-state index in [2.05, 4.69) is 14.6 Å². The van der Waals surface area contributed by atoms with E-state index in [4.69, 9.17) is 16.2 Å². The Labute approximate surface area is 269 Å². The molecule has 1 atom stereocenters. The number of benzene rings is 2. The number of hydrogen-bond donors (Lipinski definition) is 2. The second-order valence-electron chi connectivity index (χ2n) is 11.1. The summed E-state index contributed by atoms with van der Waals surface area (Å²) in [4.78, 5) is 21.5. The van der Waals surface area contributed by atoms with Crippen LogP contribution in [0.4, 0.5) is 5.69 Å². The average molecular weight is 702 g/mol. The third-order valence-electron chi connectivity index (χ3n) is 7.58. The fourth-order valence-corrected chi connectivity index (χ4v) is 7.55. The first-order chi connectivity index (χ1) is 21.0. The molecule has 2 N–H and O–H groups in total. The minimum atomic E-state index is -4.01. The molecule has 2 fully saturated rings. The lowest BCUT2D eigenvalue weighted by molar-refractivity contribution is -0.138. The molecule has 0 saturated carbocycles. The summed E-state index contributed by atoms with van der Waals surface area (Å²) in [5, 5.41) is 2.07. The van der Waals surface area contributed by atoms with Crippen molar-refractivity contribution in [2.75, 3.05) is 56.7 Å². The highest BCUT2D eigenvalue weighted by Gasteiger charge is 2.40. The minimum Gasteiger partial charge on any atom is -0.371 e. The number of nitrogens with zero attached hydrogens (tertiary/aromatic N) is 4. The molecule has 3 aromatic rings. The van der Waals surface area contributed by atoms with Crippen LogP contribution < -0.4 is 9.62 Å². The molecule has 0 spiro atoms. The van der Waals surface area contributed by atoms with Crippen molar-refractivity contribution in [1.82, 2.24) is 18.9 Å². The minimum absolute atomic E-state index is 0.00882. The van der Waals surface area contributed by atoms with Gasteiger partial charge in [0.15, 0.2) is 0 Å². The lowest BCUT2D eigenvalue weighted by atomic mass is 9.94. The molecule has 2 aromatic carbocycles. The normalized spacial score (nSPS) is 18.9. The van der Waals surface area contributed by atoms with Crippen LogP contribution in [0.5, 0.6) is 0 Å². The van der Waals surface area contributed by atoms with Crippen LogP contribution in [0.2, 0.25) is 5.02 Å². The molecule has 2 aliphatic rings. The van der Waals surface area contributed by atoms with Crippen LogP contribution in [0.1, 0.15) is 12.8 Å². The number of halogens is 1. The second kappa shape index (κ2) is 14.3. The van der Waals surface area contributed by atoms with Gasteiger partial charge in [-0.25, -0.2) is 21.6 Å². The Morgan fingerprint density at radius 2 is 1.53 bits per heavy atom. The molecule has 17 heteroatoms. The lowest BCUT2D eigenvalue weighted by Gasteiger charge is -2.43. The van der Waals surface area contributed by atoms with Gasteiger partial charge in [0.05, 0.1) is 30.0 Å². The predicted molar refractivity (Wildman–Crippen MR) is 173 cm³/mol. The Bertz CT molecular complexity index is 1830. The Morgan fingerprint density at radius 3 is 2.16 bits per heavy atom. The summed E-state index contributed by atoms with van der Waals surface area (Å²) in [5.41, 5.74) is 1.11. The Balaban J connectivity index is 0.000000854. The van der Waals surface area contributed by atoms with Crippen molar-refractivity contribution in [2.45, 2.75) is 23.8 Å². The lowest BCUT2D eigenvalue weighted by Crippen LogP contribution is -2.61. The van der Waals surface area contributed by atoms with Gasteiger partial charge < -0.3 is 9.80 Å².